The first-order valence-corrected chi connectivity index (χ1v) is 8.75. The summed E-state index contributed by atoms with van der Waals surface area (Å²) in [7, 11) is 2.76. The largest absolute Gasteiger partial charge is 0.493 e. The van der Waals surface area contributed by atoms with E-state index in [1.165, 1.54) is 37.2 Å². The maximum Gasteiger partial charge on any atom is 0.343 e. The van der Waals surface area contributed by atoms with Crippen molar-refractivity contribution < 1.29 is 23.8 Å². The number of esters is 1. The van der Waals surface area contributed by atoms with Gasteiger partial charge >= 0.3 is 5.97 Å². The molecule has 0 N–H and O–H groups in total. The SMILES string of the molecule is COC(=O)COc1cc(Br)c(/C=N/N2C(=O)CSC2=S)cc1OC. The zero-order valence-electron chi connectivity index (χ0n) is 12.8. The van der Waals surface area contributed by atoms with Gasteiger partial charge in [0.1, 0.15) is 0 Å². The lowest BCUT2D eigenvalue weighted by atomic mass is 10.2. The van der Waals surface area contributed by atoms with Crippen LogP contribution in [-0.4, -0.2) is 54.0 Å². The van der Waals surface area contributed by atoms with Crippen LogP contribution in [0.25, 0.3) is 0 Å². The third-order valence-electron chi connectivity index (χ3n) is 2.90. The number of carbonyl (C=O) groups is 2. The number of nitrogens with zero attached hydrogens (tertiary/aromatic N) is 2. The highest BCUT2D eigenvalue weighted by Crippen LogP contribution is 2.33. The number of hydrogen-bond donors (Lipinski definition) is 0. The van der Waals surface area contributed by atoms with Crippen molar-refractivity contribution in [2.24, 2.45) is 5.10 Å². The number of thioether (sulfide) groups is 1. The summed E-state index contributed by atoms with van der Waals surface area (Å²) >= 11 is 9.72. The van der Waals surface area contributed by atoms with Crippen molar-refractivity contribution in [2.45, 2.75) is 0 Å². The van der Waals surface area contributed by atoms with E-state index in [1.807, 2.05) is 0 Å². The Morgan fingerprint density at radius 1 is 1.46 bits per heavy atom. The predicted octanol–water partition coefficient (Wildman–Crippen LogP) is 2.20. The molecule has 0 aromatic heterocycles. The van der Waals surface area contributed by atoms with Gasteiger partial charge in [-0.1, -0.05) is 24.0 Å². The van der Waals surface area contributed by atoms with Gasteiger partial charge in [-0.15, -0.1) is 0 Å². The molecule has 1 aromatic rings. The fraction of sp³-hybridized carbons (Fsp3) is 0.286. The van der Waals surface area contributed by atoms with E-state index < -0.39 is 5.97 Å². The summed E-state index contributed by atoms with van der Waals surface area (Å²) in [6.45, 7) is -0.236. The highest BCUT2D eigenvalue weighted by Gasteiger charge is 2.26. The first-order valence-electron chi connectivity index (χ1n) is 6.57. The lowest BCUT2D eigenvalue weighted by Gasteiger charge is -2.12. The number of benzene rings is 1. The van der Waals surface area contributed by atoms with Crippen LogP contribution in [0, 0.1) is 0 Å². The van der Waals surface area contributed by atoms with Crippen LogP contribution in [-0.2, 0) is 14.3 Å². The molecule has 1 aromatic carbocycles. The van der Waals surface area contributed by atoms with Gasteiger partial charge in [0.2, 0.25) is 0 Å². The minimum Gasteiger partial charge on any atom is -0.493 e. The normalized spacial score (nSPS) is 14.4. The Balaban J connectivity index is 2.21. The average molecular weight is 433 g/mol. The van der Waals surface area contributed by atoms with Crippen molar-refractivity contribution in [1.29, 1.82) is 0 Å². The molecule has 1 amide bonds. The zero-order valence-corrected chi connectivity index (χ0v) is 16.0. The standard InChI is InChI=1S/C14H13BrN2O5S2/c1-20-10-3-8(5-16-17-12(18)7-24-14(17)23)9(15)4-11(10)22-6-13(19)21-2/h3-5H,6-7H2,1-2H3/b16-5+. The van der Waals surface area contributed by atoms with Crippen LogP contribution in [0.2, 0.25) is 0 Å². The Hall–Kier alpha value is -1.65. The summed E-state index contributed by atoms with van der Waals surface area (Å²) in [6.07, 6.45) is 1.49. The topological polar surface area (TPSA) is 77.4 Å². The van der Waals surface area contributed by atoms with Gasteiger partial charge in [0.15, 0.2) is 22.4 Å². The van der Waals surface area contributed by atoms with Crippen LogP contribution in [0.4, 0.5) is 0 Å². The Labute approximate surface area is 156 Å². The number of hydrazone groups is 1. The van der Waals surface area contributed by atoms with Gasteiger partial charge in [0.25, 0.3) is 5.91 Å². The van der Waals surface area contributed by atoms with E-state index in [2.05, 4.69) is 25.8 Å². The highest BCUT2D eigenvalue weighted by molar-refractivity contribution is 9.10. The van der Waals surface area contributed by atoms with Gasteiger partial charge in [-0.2, -0.15) is 10.1 Å². The van der Waals surface area contributed by atoms with Crippen LogP contribution >= 0.6 is 39.9 Å². The van der Waals surface area contributed by atoms with Gasteiger partial charge in [-0.3, -0.25) is 4.79 Å². The average Bonchev–Trinajstić information content (AvgIpc) is 2.90. The quantitative estimate of drug-likeness (QED) is 0.387. The molecule has 0 atom stereocenters. The summed E-state index contributed by atoms with van der Waals surface area (Å²) in [4.78, 5) is 22.8. The molecule has 10 heteroatoms. The van der Waals surface area contributed by atoms with E-state index in [1.54, 1.807) is 12.1 Å². The molecule has 1 aliphatic rings. The predicted molar refractivity (Wildman–Crippen MR) is 97.7 cm³/mol. The molecule has 0 unspecified atom stereocenters. The lowest BCUT2D eigenvalue weighted by Crippen LogP contribution is -2.22. The second-order valence-corrected chi connectivity index (χ2v) is 6.86. The van der Waals surface area contributed by atoms with E-state index in [-0.39, 0.29) is 12.5 Å². The zero-order chi connectivity index (χ0) is 17.7. The first-order chi connectivity index (χ1) is 11.5. The molecule has 1 heterocycles. The second kappa shape index (κ2) is 8.45. The van der Waals surface area contributed by atoms with Gasteiger partial charge in [-0.25, -0.2) is 4.79 Å². The van der Waals surface area contributed by atoms with Crippen molar-refractivity contribution in [3.63, 3.8) is 0 Å². The highest BCUT2D eigenvalue weighted by atomic mass is 79.9. The maximum absolute atomic E-state index is 11.6. The molecule has 24 heavy (non-hydrogen) atoms. The van der Waals surface area contributed by atoms with E-state index in [0.717, 1.165) is 0 Å². The number of thiocarbonyl (C=S) groups is 1. The number of methoxy groups -OCH3 is 2. The molecule has 128 valence electrons. The number of amides is 1. The fourth-order valence-electron chi connectivity index (χ4n) is 1.70. The number of carbonyl (C=O) groups excluding carboxylic acids is 2. The summed E-state index contributed by atoms with van der Waals surface area (Å²) in [5.74, 6) is 0.407. The number of rotatable bonds is 6. The van der Waals surface area contributed by atoms with Gasteiger partial charge in [-0.05, 0) is 28.1 Å². The van der Waals surface area contributed by atoms with E-state index in [0.29, 0.717) is 31.6 Å². The van der Waals surface area contributed by atoms with Crippen molar-refractivity contribution in [1.82, 2.24) is 5.01 Å². The Morgan fingerprint density at radius 2 is 2.21 bits per heavy atom. The smallest absolute Gasteiger partial charge is 0.343 e. The monoisotopic (exact) mass is 432 g/mol. The number of hydrogen-bond acceptors (Lipinski definition) is 8. The van der Waals surface area contributed by atoms with Gasteiger partial charge in [0, 0.05) is 10.0 Å². The molecule has 0 spiro atoms. The molecule has 2 rings (SSSR count). The molecule has 1 aliphatic heterocycles. The van der Waals surface area contributed by atoms with Crippen LogP contribution < -0.4 is 9.47 Å². The summed E-state index contributed by atoms with van der Waals surface area (Å²) in [5.41, 5.74) is 0.657. The van der Waals surface area contributed by atoms with E-state index >= 15 is 0 Å². The Kier molecular flexibility index (Phi) is 6.58. The lowest BCUT2D eigenvalue weighted by molar-refractivity contribution is -0.142. The maximum atomic E-state index is 11.6. The third kappa shape index (κ3) is 4.46. The van der Waals surface area contributed by atoms with Crippen LogP contribution in [0.5, 0.6) is 11.5 Å². The van der Waals surface area contributed by atoms with Crippen molar-refractivity contribution in [3.8, 4) is 11.5 Å². The van der Waals surface area contributed by atoms with Crippen molar-refractivity contribution in [3.05, 3.63) is 22.2 Å². The molecule has 7 nitrogen and oxygen atoms in total. The van der Waals surface area contributed by atoms with Crippen LogP contribution in [0.1, 0.15) is 5.56 Å². The van der Waals surface area contributed by atoms with E-state index in [9.17, 15) is 9.59 Å². The molecule has 0 aliphatic carbocycles. The third-order valence-corrected chi connectivity index (χ3v) is 4.92. The van der Waals surface area contributed by atoms with Crippen LogP contribution in [0.15, 0.2) is 21.7 Å². The van der Waals surface area contributed by atoms with E-state index in [4.69, 9.17) is 21.7 Å². The number of ether oxygens (including phenoxy) is 3. The molecule has 0 radical (unpaired) electrons. The Morgan fingerprint density at radius 3 is 2.79 bits per heavy atom. The molecule has 1 saturated heterocycles. The first kappa shape index (κ1) is 18.7. The fourth-order valence-corrected chi connectivity index (χ4v) is 3.09. The minimum atomic E-state index is -0.502. The van der Waals surface area contributed by atoms with Crippen molar-refractivity contribution >= 4 is 62.3 Å². The molecule has 1 fully saturated rings. The summed E-state index contributed by atoms with van der Waals surface area (Å²) in [6, 6.07) is 3.30. The van der Waals surface area contributed by atoms with Crippen molar-refractivity contribution in [2.75, 3.05) is 26.6 Å². The molecule has 0 saturated carbocycles. The van der Waals surface area contributed by atoms with Crippen LogP contribution in [0.3, 0.4) is 0 Å². The minimum absolute atomic E-state index is 0.164. The number of halogens is 1. The molecular formula is C14H13BrN2O5S2. The molecular weight excluding hydrogens is 420 g/mol. The summed E-state index contributed by atoms with van der Waals surface area (Å²) in [5, 5.41) is 5.29. The molecule has 0 bridgehead atoms. The summed E-state index contributed by atoms with van der Waals surface area (Å²) < 4.78 is 16.2. The second-order valence-electron chi connectivity index (χ2n) is 4.39. The van der Waals surface area contributed by atoms with Gasteiger partial charge < -0.3 is 14.2 Å². The Bertz CT molecular complexity index is 695. The van der Waals surface area contributed by atoms with Gasteiger partial charge in [0.05, 0.1) is 26.2 Å².